The molecule has 0 atom stereocenters. The van der Waals surface area contributed by atoms with Crippen molar-refractivity contribution in [3.05, 3.63) is 64.5 Å². The fourth-order valence-electron chi connectivity index (χ4n) is 4.09. The summed E-state index contributed by atoms with van der Waals surface area (Å²) in [5.41, 5.74) is 4.22. The number of carbonyl (C=O) groups is 2. The Morgan fingerprint density at radius 1 is 0.976 bits per heavy atom. The van der Waals surface area contributed by atoms with E-state index in [0.717, 1.165) is 53.4 Å². The van der Waals surface area contributed by atoms with Gasteiger partial charge in [0.2, 0.25) is 0 Å². The second-order valence-corrected chi connectivity index (χ2v) is 11.5. The SMILES string of the molecule is C#C.CC(C)C.CCC.CCc1cc(NC(=O)N(C)Cc2ccc(F)cc2)c(CC(C)C)cc1C(=O)N1CCNCC1. The lowest BCUT2D eigenvalue weighted by molar-refractivity contribution is 0.0734. The number of amides is 3. The Balaban J connectivity index is 0.00000166. The van der Waals surface area contributed by atoms with Gasteiger partial charge < -0.3 is 20.4 Å². The van der Waals surface area contributed by atoms with E-state index >= 15 is 0 Å². The van der Waals surface area contributed by atoms with Crippen molar-refractivity contribution in [2.24, 2.45) is 11.8 Å². The zero-order valence-corrected chi connectivity index (χ0v) is 27.5. The van der Waals surface area contributed by atoms with Gasteiger partial charge in [-0.1, -0.05) is 73.9 Å². The molecule has 1 aliphatic heterocycles. The first-order valence-corrected chi connectivity index (χ1v) is 15.2. The van der Waals surface area contributed by atoms with E-state index in [1.54, 1.807) is 24.1 Å². The number of anilines is 1. The maximum Gasteiger partial charge on any atom is 0.321 e. The van der Waals surface area contributed by atoms with Crippen LogP contribution in [0.2, 0.25) is 0 Å². The molecule has 0 saturated carbocycles. The molecule has 1 fully saturated rings. The van der Waals surface area contributed by atoms with Crippen molar-refractivity contribution >= 4 is 17.6 Å². The van der Waals surface area contributed by atoms with E-state index in [4.69, 9.17) is 0 Å². The molecule has 2 aromatic carbocycles. The van der Waals surface area contributed by atoms with E-state index in [1.807, 2.05) is 24.0 Å². The summed E-state index contributed by atoms with van der Waals surface area (Å²) in [7, 11) is 1.71. The van der Waals surface area contributed by atoms with Crippen molar-refractivity contribution in [1.82, 2.24) is 15.1 Å². The van der Waals surface area contributed by atoms with E-state index in [2.05, 4.69) is 71.9 Å². The van der Waals surface area contributed by atoms with Gasteiger partial charge in [-0.15, -0.1) is 12.8 Å². The van der Waals surface area contributed by atoms with Gasteiger partial charge in [0, 0.05) is 51.0 Å². The van der Waals surface area contributed by atoms with Gasteiger partial charge in [0.1, 0.15) is 5.82 Å². The fourth-order valence-corrected chi connectivity index (χ4v) is 4.09. The first-order valence-electron chi connectivity index (χ1n) is 15.2. The summed E-state index contributed by atoms with van der Waals surface area (Å²) in [6, 6.07) is 9.82. The molecule has 0 bridgehead atoms. The minimum Gasteiger partial charge on any atom is -0.336 e. The van der Waals surface area contributed by atoms with Gasteiger partial charge in [-0.25, -0.2) is 9.18 Å². The Morgan fingerprint density at radius 2 is 1.50 bits per heavy atom. The van der Waals surface area contributed by atoms with Crippen LogP contribution in [0.4, 0.5) is 14.9 Å². The highest BCUT2D eigenvalue weighted by molar-refractivity contribution is 5.98. The number of terminal acetylenes is 1. The molecule has 7 heteroatoms. The predicted octanol–water partition coefficient (Wildman–Crippen LogP) is 7.62. The van der Waals surface area contributed by atoms with E-state index in [-0.39, 0.29) is 17.8 Å². The molecule has 6 nitrogen and oxygen atoms in total. The highest BCUT2D eigenvalue weighted by Crippen LogP contribution is 2.27. The first-order chi connectivity index (χ1) is 19.9. The summed E-state index contributed by atoms with van der Waals surface area (Å²) < 4.78 is 13.2. The van der Waals surface area contributed by atoms with Crippen molar-refractivity contribution in [2.75, 3.05) is 38.5 Å². The van der Waals surface area contributed by atoms with Gasteiger partial charge in [-0.2, -0.15) is 0 Å². The summed E-state index contributed by atoms with van der Waals surface area (Å²) in [4.78, 5) is 29.7. The number of aryl methyl sites for hydroxylation is 1. The quantitative estimate of drug-likeness (QED) is 0.330. The number of urea groups is 1. The molecule has 3 amide bonds. The Kier molecular flexibility index (Phi) is 19.6. The largest absolute Gasteiger partial charge is 0.336 e. The number of benzene rings is 2. The van der Waals surface area contributed by atoms with Crippen molar-refractivity contribution in [3.63, 3.8) is 0 Å². The number of nitrogens with one attached hydrogen (secondary N) is 2. The number of piperazine rings is 1. The lowest BCUT2D eigenvalue weighted by Gasteiger charge is -2.29. The van der Waals surface area contributed by atoms with Crippen LogP contribution in [0.5, 0.6) is 0 Å². The third-order valence-electron chi connectivity index (χ3n) is 5.89. The minimum atomic E-state index is -0.299. The van der Waals surface area contributed by atoms with Gasteiger partial charge in [-0.05, 0) is 65.6 Å². The Labute approximate surface area is 255 Å². The van der Waals surface area contributed by atoms with Crippen LogP contribution in [-0.2, 0) is 19.4 Å². The summed E-state index contributed by atoms with van der Waals surface area (Å²) in [5.74, 6) is 0.962. The molecule has 0 radical (unpaired) electrons. The van der Waals surface area contributed by atoms with Crippen LogP contribution in [0, 0.1) is 30.5 Å². The van der Waals surface area contributed by atoms with Crippen LogP contribution in [0.15, 0.2) is 36.4 Å². The van der Waals surface area contributed by atoms with Gasteiger partial charge in [0.25, 0.3) is 5.91 Å². The van der Waals surface area contributed by atoms with E-state index in [9.17, 15) is 14.0 Å². The van der Waals surface area contributed by atoms with Crippen LogP contribution < -0.4 is 10.6 Å². The zero-order valence-electron chi connectivity index (χ0n) is 27.5. The Morgan fingerprint density at radius 3 is 1.98 bits per heavy atom. The van der Waals surface area contributed by atoms with Crippen molar-refractivity contribution in [1.29, 1.82) is 0 Å². The molecule has 234 valence electrons. The van der Waals surface area contributed by atoms with Gasteiger partial charge in [-0.3, -0.25) is 4.79 Å². The van der Waals surface area contributed by atoms with Crippen LogP contribution in [0.25, 0.3) is 0 Å². The van der Waals surface area contributed by atoms with Crippen molar-refractivity contribution in [2.45, 2.75) is 81.2 Å². The summed E-state index contributed by atoms with van der Waals surface area (Å²) in [6.45, 7) is 20.4. The molecule has 0 aromatic heterocycles. The van der Waals surface area contributed by atoms with Crippen LogP contribution >= 0.6 is 0 Å². The monoisotopic (exact) mass is 582 g/mol. The highest BCUT2D eigenvalue weighted by atomic mass is 19.1. The van der Waals surface area contributed by atoms with E-state index < -0.39 is 0 Å². The number of hydrogen-bond acceptors (Lipinski definition) is 3. The molecule has 2 N–H and O–H groups in total. The predicted molar refractivity (Wildman–Crippen MR) is 176 cm³/mol. The molecule has 2 aromatic rings. The molecule has 0 unspecified atom stereocenters. The summed E-state index contributed by atoms with van der Waals surface area (Å²) >= 11 is 0. The van der Waals surface area contributed by atoms with Crippen LogP contribution in [0.1, 0.15) is 88.9 Å². The standard InChI is InChI=1S/C26H35FN4O2.C4H10.C3H8.C2H2/c1-5-20-16-24(29-26(33)30(4)17-19-6-8-22(27)9-7-19)21(14-18(2)3)15-23(20)25(32)31-12-10-28-11-13-31;1-4(2)3;1-3-2;1-2/h6-9,15-16,18,28H,5,10-14,17H2,1-4H3,(H,29,33);4H,1-3H3;3H2,1-2H3;1-2H. The van der Waals surface area contributed by atoms with Crippen molar-refractivity contribution in [3.8, 4) is 12.8 Å². The maximum atomic E-state index is 13.3. The first kappa shape index (κ1) is 38.6. The molecule has 0 aliphatic carbocycles. The second-order valence-electron chi connectivity index (χ2n) is 11.5. The van der Waals surface area contributed by atoms with Gasteiger partial charge in [0.15, 0.2) is 0 Å². The number of halogens is 1. The zero-order chi connectivity index (χ0) is 32.2. The number of hydrogen-bond donors (Lipinski definition) is 2. The molecule has 0 spiro atoms. The highest BCUT2D eigenvalue weighted by Gasteiger charge is 2.23. The molecule has 1 aliphatic rings. The molecular weight excluding hydrogens is 527 g/mol. The smallest absolute Gasteiger partial charge is 0.321 e. The number of carbonyl (C=O) groups excluding carboxylic acids is 2. The van der Waals surface area contributed by atoms with Gasteiger partial charge in [0.05, 0.1) is 0 Å². The van der Waals surface area contributed by atoms with Crippen LogP contribution in [0.3, 0.4) is 0 Å². The van der Waals surface area contributed by atoms with Gasteiger partial charge >= 0.3 is 6.03 Å². The fraction of sp³-hybridized carbons (Fsp3) is 0.543. The normalized spacial score (nSPS) is 12.2. The van der Waals surface area contributed by atoms with E-state index in [1.165, 1.54) is 18.6 Å². The minimum absolute atomic E-state index is 0.0599. The van der Waals surface area contributed by atoms with Crippen LogP contribution in [-0.4, -0.2) is 55.0 Å². The maximum absolute atomic E-state index is 13.3. The Bertz CT molecular complexity index is 1070. The second kappa shape index (κ2) is 21.4. The average molecular weight is 583 g/mol. The lowest BCUT2D eigenvalue weighted by atomic mass is 9.94. The molecule has 1 heterocycles. The summed E-state index contributed by atoms with van der Waals surface area (Å²) in [6.07, 6.45) is 10.7. The molecule has 42 heavy (non-hydrogen) atoms. The molecule has 3 rings (SSSR count). The lowest BCUT2D eigenvalue weighted by Crippen LogP contribution is -2.46. The third kappa shape index (κ3) is 14.5. The Hall–Kier alpha value is -3.37. The average Bonchev–Trinajstić information content (AvgIpc) is 2.96. The third-order valence-corrected chi connectivity index (χ3v) is 5.89. The number of nitrogens with zero attached hydrogens (tertiary/aromatic N) is 2. The van der Waals surface area contributed by atoms with Crippen molar-refractivity contribution < 1.29 is 14.0 Å². The number of rotatable bonds is 7. The molecular formula is C35H55FN4O2. The van der Waals surface area contributed by atoms with E-state index in [0.29, 0.717) is 32.0 Å². The summed E-state index contributed by atoms with van der Waals surface area (Å²) in [5, 5.41) is 6.33. The topological polar surface area (TPSA) is 64.7 Å². The molecule has 1 saturated heterocycles.